The number of hydrogen-bond acceptors (Lipinski definition) is 2. The Morgan fingerprint density at radius 3 is 1.50 bits per heavy atom. The molecule has 0 spiro atoms. The summed E-state index contributed by atoms with van der Waals surface area (Å²) in [5.74, 6) is -0.571. The second kappa shape index (κ2) is 19.9. The van der Waals surface area contributed by atoms with Crippen molar-refractivity contribution in [1.29, 1.82) is 0 Å². The fraction of sp³-hybridized carbons (Fsp3) is 0.900. The Hall–Kier alpha value is -1.15. The van der Waals surface area contributed by atoms with Gasteiger partial charge in [-0.25, -0.2) is 4.79 Å². The van der Waals surface area contributed by atoms with E-state index in [-0.39, 0.29) is 0 Å². The van der Waals surface area contributed by atoms with Gasteiger partial charge in [0.05, 0.1) is 6.61 Å². The topological polar surface area (TPSA) is 62.7 Å². The van der Waals surface area contributed by atoms with Gasteiger partial charge >= 0.3 is 12.2 Å². The summed E-state index contributed by atoms with van der Waals surface area (Å²) in [4.78, 5) is 13.5. The van der Waals surface area contributed by atoms with E-state index in [1.165, 1.54) is 89.9 Å². The predicted octanol–water partition coefficient (Wildman–Crippen LogP) is 6.09. The number of unbranched alkanes of at least 4 members (excludes halogenated alkanes) is 15. The zero-order valence-electron chi connectivity index (χ0n) is 15.8. The van der Waals surface area contributed by atoms with Crippen molar-refractivity contribution < 1.29 is 14.3 Å². The normalized spacial score (nSPS) is 10.4. The molecular formula is C20H38N2O2. The van der Waals surface area contributed by atoms with Gasteiger partial charge in [-0.1, -0.05) is 103 Å². The molecule has 0 bridgehead atoms. The van der Waals surface area contributed by atoms with Crippen molar-refractivity contribution in [3.63, 3.8) is 0 Å². The van der Waals surface area contributed by atoms with Crippen molar-refractivity contribution in [3.8, 4) is 0 Å². The number of carbonyl (C=O) groups excluding carboxylic acids is 1. The van der Waals surface area contributed by atoms with Gasteiger partial charge in [-0.2, -0.15) is 4.79 Å². The van der Waals surface area contributed by atoms with E-state index in [0.29, 0.717) is 6.61 Å². The standard InChI is InChI=1S/C20H38N2O2/c1-2-3-4-5-6-7-8-9-10-11-12-13-14-15-16-17-18-24-20(23)19-22-21/h19H,2-18H2,1H3. The average Bonchev–Trinajstić information content (AvgIpc) is 2.58. The van der Waals surface area contributed by atoms with Crippen LogP contribution >= 0.6 is 0 Å². The van der Waals surface area contributed by atoms with Gasteiger partial charge in [0.1, 0.15) is 0 Å². The molecule has 0 unspecified atom stereocenters. The number of rotatable bonds is 18. The fourth-order valence-electron chi connectivity index (χ4n) is 2.91. The molecule has 24 heavy (non-hydrogen) atoms. The van der Waals surface area contributed by atoms with E-state index in [1.54, 1.807) is 0 Å². The van der Waals surface area contributed by atoms with Crippen LogP contribution in [0.1, 0.15) is 110 Å². The Labute approximate surface area is 149 Å². The summed E-state index contributed by atoms with van der Waals surface area (Å²) in [6, 6.07) is 0. The maximum Gasteiger partial charge on any atom is 0.413 e. The monoisotopic (exact) mass is 338 g/mol. The number of ether oxygens (including phenoxy) is 1. The number of nitrogens with zero attached hydrogens (tertiary/aromatic N) is 2. The molecular weight excluding hydrogens is 300 g/mol. The highest BCUT2D eigenvalue weighted by Crippen LogP contribution is 2.13. The fourth-order valence-corrected chi connectivity index (χ4v) is 2.91. The molecule has 0 aliphatic heterocycles. The van der Waals surface area contributed by atoms with Gasteiger partial charge in [-0.05, 0) is 6.42 Å². The Bertz CT molecular complexity index is 326. The first kappa shape index (κ1) is 22.9. The number of esters is 1. The van der Waals surface area contributed by atoms with Crippen LogP contribution in [0.3, 0.4) is 0 Å². The summed E-state index contributed by atoms with van der Waals surface area (Å²) < 4.78 is 4.85. The molecule has 0 aromatic rings. The molecule has 0 amide bonds. The minimum absolute atomic E-state index is 0.420. The highest BCUT2D eigenvalue weighted by Gasteiger charge is 2.01. The van der Waals surface area contributed by atoms with Crippen LogP contribution in [0.25, 0.3) is 5.53 Å². The Balaban J connectivity index is 3.05. The van der Waals surface area contributed by atoms with Crippen LogP contribution in [0.5, 0.6) is 0 Å². The second-order valence-corrected chi connectivity index (χ2v) is 6.72. The van der Waals surface area contributed by atoms with Crippen LogP contribution in [-0.2, 0) is 9.53 Å². The highest BCUT2D eigenvalue weighted by molar-refractivity contribution is 6.20. The van der Waals surface area contributed by atoms with E-state index in [9.17, 15) is 4.79 Å². The molecule has 0 aromatic carbocycles. The van der Waals surface area contributed by atoms with Crippen molar-refractivity contribution in [2.24, 2.45) is 0 Å². The first-order chi connectivity index (χ1) is 11.8. The van der Waals surface area contributed by atoms with Crippen LogP contribution in [0.2, 0.25) is 0 Å². The molecule has 0 saturated heterocycles. The lowest BCUT2D eigenvalue weighted by molar-refractivity contribution is -0.139. The summed E-state index contributed by atoms with van der Waals surface area (Å²) >= 11 is 0. The van der Waals surface area contributed by atoms with Gasteiger partial charge in [0.15, 0.2) is 0 Å². The molecule has 4 heteroatoms. The van der Waals surface area contributed by atoms with Crippen molar-refractivity contribution >= 4 is 12.2 Å². The first-order valence-electron chi connectivity index (χ1n) is 10.2. The lowest BCUT2D eigenvalue weighted by Crippen LogP contribution is -2.07. The van der Waals surface area contributed by atoms with Gasteiger partial charge in [0.25, 0.3) is 0 Å². The van der Waals surface area contributed by atoms with E-state index in [0.717, 1.165) is 19.1 Å². The number of hydrogen-bond donors (Lipinski definition) is 0. The third-order valence-corrected chi connectivity index (χ3v) is 4.41. The van der Waals surface area contributed by atoms with Gasteiger partial charge < -0.3 is 10.3 Å². The van der Waals surface area contributed by atoms with Gasteiger partial charge in [-0.15, -0.1) is 0 Å². The SMILES string of the molecule is CCCCCCCCCCCCCCCCCCOC(=O)C=[N+]=[N-]. The average molecular weight is 339 g/mol. The van der Waals surface area contributed by atoms with Gasteiger partial charge in [0, 0.05) is 0 Å². The van der Waals surface area contributed by atoms with Crippen LogP contribution in [0.15, 0.2) is 0 Å². The van der Waals surface area contributed by atoms with Crippen LogP contribution in [-0.4, -0.2) is 23.6 Å². The molecule has 0 aromatic heterocycles. The molecule has 0 fully saturated rings. The molecule has 0 aliphatic rings. The van der Waals surface area contributed by atoms with E-state index in [1.807, 2.05) is 0 Å². The van der Waals surface area contributed by atoms with E-state index in [2.05, 4.69) is 11.7 Å². The Morgan fingerprint density at radius 2 is 1.12 bits per heavy atom. The Morgan fingerprint density at radius 1 is 0.750 bits per heavy atom. The second-order valence-electron chi connectivity index (χ2n) is 6.72. The summed E-state index contributed by atoms with van der Waals surface area (Å²) in [6.45, 7) is 2.69. The predicted molar refractivity (Wildman–Crippen MR) is 100 cm³/mol. The summed E-state index contributed by atoms with van der Waals surface area (Å²) in [7, 11) is 0. The van der Waals surface area contributed by atoms with E-state index < -0.39 is 5.97 Å². The van der Waals surface area contributed by atoms with Crippen molar-refractivity contribution in [1.82, 2.24) is 0 Å². The Kier molecular flexibility index (Phi) is 18.9. The number of carbonyl (C=O) groups is 1. The summed E-state index contributed by atoms with van der Waals surface area (Å²) in [6.07, 6.45) is 22.0. The summed E-state index contributed by atoms with van der Waals surface area (Å²) in [5, 5.41) is 0. The molecule has 140 valence electrons. The van der Waals surface area contributed by atoms with Crippen LogP contribution in [0, 0.1) is 0 Å². The van der Waals surface area contributed by atoms with Crippen molar-refractivity contribution in [2.75, 3.05) is 6.61 Å². The molecule has 0 radical (unpaired) electrons. The smallest absolute Gasteiger partial charge is 0.413 e. The third-order valence-electron chi connectivity index (χ3n) is 4.41. The third kappa shape index (κ3) is 18.9. The molecule has 0 heterocycles. The largest absolute Gasteiger partial charge is 0.457 e. The van der Waals surface area contributed by atoms with Crippen LogP contribution in [0.4, 0.5) is 0 Å². The zero-order valence-corrected chi connectivity index (χ0v) is 15.8. The maximum atomic E-state index is 10.9. The van der Waals surface area contributed by atoms with Crippen molar-refractivity contribution in [3.05, 3.63) is 5.53 Å². The maximum absolute atomic E-state index is 10.9. The van der Waals surface area contributed by atoms with E-state index in [4.69, 9.17) is 10.3 Å². The van der Waals surface area contributed by atoms with E-state index >= 15 is 0 Å². The summed E-state index contributed by atoms with van der Waals surface area (Å²) in [5.41, 5.74) is 8.15. The molecule has 0 rings (SSSR count). The minimum Gasteiger partial charge on any atom is -0.457 e. The quantitative estimate of drug-likeness (QED) is 0.0997. The zero-order chi connectivity index (χ0) is 17.7. The molecule has 0 atom stereocenters. The lowest BCUT2D eigenvalue weighted by Gasteiger charge is -2.03. The first-order valence-corrected chi connectivity index (χ1v) is 10.2. The van der Waals surface area contributed by atoms with Gasteiger partial charge in [-0.3, -0.25) is 0 Å². The van der Waals surface area contributed by atoms with Crippen molar-refractivity contribution in [2.45, 2.75) is 110 Å². The highest BCUT2D eigenvalue weighted by atomic mass is 16.5. The van der Waals surface area contributed by atoms with Gasteiger partial charge in [0.2, 0.25) is 0 Å². The molecule has 0 N–H and O–H groups in total. The van der Waals surface area contributed by atoms with Crippen LogP contribution < -0.4 is 0 Å². The molecule has 0 aliphatic carbocycles. The minimum atomic E-state index is -0.571. The molecule has 0 saturated carbocycles. The molecule has 4 nitrogen and oxygen atoms in total. The lowest BCUT2D eigenvalue weighted by atomic mass is 10.0.